The first-order valence-electron chi connectivity index (χ1n) is 15.2. The lowest BCUT2D eigenvalue weighted by Crippen LogP contribution is -2.17. The summed E-state index contributed by atoms with van der Waals surface area (Å²) in [4.78, 5) is 12.0. The van der Waals surface area contributed by atoms with E-state index in [2.05, 4.69) is 0 Å². The van der Waals surface area contributed by atoms with Gasteiger partial charge in [-0.2, -0.15) is 17.2 Å². The molecule has 1 N–H and O–H groups in total. The van der Waals surface area contributed by atoms with E-state index in [1.165, 1.54) is 0 Å². The van der Waals surface area contributed by atoms with Crippen molar-refractivity contribution in [2.75, 3.05) is 0 Å². The van der Waals surface area contributed by atoms with Crippen molar-refractivity contribution in [2.24, 2.45) is 0 Å². The molecule has 0 amide bonds. The third-order valence-electron chi connectivity index (χ3n) is 9.03. The second-order valence-electron chi connectivity index (χ2n) is 11.8. The molecular weight excluding hydrogens is 656 g/mol. The summed E-state index contributed by atoms with van der Waals surface area (Å²) in [6.45, 7) is 0. The smallest absolute Gasteiger partial charge is 0.345 e. The molecule has 2 aliphatic rings. The molecule has 6 aromatic rings. The Morgan fingerprint density at radius 2 is 1.31 bits per heavy atom. The van der Waals surface area contributed by atoms with Gasteiger partial charge in [0.15, 0.2) is 16.5 Å². The number of hydrogen-bond donors (Lipinski definition) is 1. The molecule has 242 valence electrons. The molecule has 0 unspecified atom stereocenters. The SMILES string of the molecule is O=C(Oc1c(F)c(F)c(S(=O)(=O)O)c(F)c1F)c1c(-c2cc3c4c(cccc4c2)CC=C3)cccc1-c1ccc2cccc3c2c1C=CC3. The minimum absolute atomic E-state index is 0.157. The first kappa shape index (κ1) is 30.7. The van der Waals surface area contributed by atoms with E-state index in [1.54, 1.807) is 18.2 Å². The largest absolute Gasteiger partial charge is 0.416 e. The van der Waals surface area contributed by atoms with Crippen LogP contribution in [0.5, 0.6) is 5.75 Å². The number of esters is 1. The maximum atomic E-state index is 15.2. The monoisotopic (exact) mass is 678 g/mol. The predicted molar refractivity (Wildman–Crippen MR) is 179 cm³/mol. The molecule has 6 aromatic carbocycles. The molecule has 2 aliphatic carbocycles. The predicted octanol–water partition coefficient (Wildman–Crippen LogP) is 9.49. The third kappa shape index (κ3) is 4.86. The van der Waals surface area contributed by atoms with E-state index in [0.29, 0.717) is 28.7 Å². The molecule has 10 heteroatoms. The van der Waals surface area contributed by atoms with Gasteiger partial charge in [-0.05, 0) is 91.0 Å². The summed E-state index contributed by atoms with van der Waals surface area (Å²) in [5.41, 5.74) is 5.47. The van der Waals surface area contributed by atoms with E-state index >= 15 is 8.78 Å². The van der Waals surface area contributed by atoms with Crippen LogP contribution in [0.2, 0.25) is 0 Å². The molecule has 0 atom stereocenters. The van der Waals surface area contributed by atoms with Crippen LogP contribution in [-0.2, 0) is 23.0 Å². The van der Waals surface area contributed by atoms with Gasteiger partial charge < -0.3 is 4.74 Å². The Morgan fingerprint density at radius 1 is 0.673 bits per heavy atom. The molecule has 0 heterocycles. The van der Waals surface area contributed by atoms with Gasteiger partial charge in [0.05, 0.1) is 5.56 Å². The van der Waals surface area contributed by atoms with Gasteiger partial charge in [0.1, 0.15) is 0 Å². The van der Waals surface area contributed by atoms with Gasteiger partial charge in [-0.1, -0.05) is 91.0 Å². The minimum Gasteiger partial charge on any atom is -0.416 e. The molecule has 0 fully saturated rings. The molecule has 0 aromatic heterocycles. The molecule has 8 rings (SSSR count). The number of halogens is 4. The average molecular weight is 679 g/mol. The summed E-state index contributed by atoms with van der Waals surface area (Å²) in [5.74, 6) is -12.6. The summed E-state index contributed by atoms with van der Waals surface area (Å²) in [6, 6.07) is 24.2. The Kier molecular flexibility index (Phi) is 7.06. The molecule has 0 bridgehead atoms. The van der Waals surface area contributed by atoms with Crippen LogP contribution in [0.25, 0.3) is 56.0 Å². The van der Waals surface area contributed by atoms with E-state index in [0.717, 1.165) is 50.2 Å². The minimum atomic E-state index is -5.72. The lowest BCUT2D eigenvalue weighted by molar-refractivity contribution is 0.0718. The van der Waals surface area contributed by atoms with E-state index in [9.17, 15) is 26.5 Å². The fourth-order valence-corrected chi connectivity index (χ4v) is 7.60. The summed E-state index contributed by atoms with van der Waals surface area (Å²) >= 11 is 0. The van der Waals surface area contributed by atoms with Gasteiger partial charge in [-0.3, -0.25) is 4.55 Å². The van der Waals surface area contributed by atoms with Gasteiger partial charge in [0, 0.05) is 0 Å². The number of hydrogen-bond acceptors (Lipinski definition) is 4. The van der Waals surface area contributed by atoms with Crippen LogP contribution in [0.15, 0.2) is 95.9 Å². The van der Waals surface area contributed by atoms with Crippen LogP contribution in [0, 0.1) is 23.3 Å². The molecule has 5 nitrogen and oxygen atoms in total. The maximum Gasteiger partial charge on any atom is 0.345 e. The Morgan fingerprint density at radius 3 is 2.02 bits per heavy atom. The van der Waals surface area contributed by atoms with Crippen LogP contribution in [0.4, 0.5) is 17.6 Å². The van der Waals surface area contributed by atoms with Crippen LogP contribution < -0.4 is 4.74 Å². The van der Waals surface area contributed by atoms with E-state index in [4.69, 9.17) is 4.74 Å². The first-order valence-corrected chi connectivity index (χ1v) is 16.6. The zero-order valence-corrected chi connectivity index (χ0v) is 26.0. The van der Waals surface area contributed by atoms with Crippen LogP contribution in [0.3, 0.4) is 0 Å². The maximum absolute atomic E-state index is 15.2. The van der Waals surface area contributed by atoms with E-state index in [-0.39, 0.29) is 5.56 Å². The quantitative estimate of drug-likeness (QED) is 0.0646. The highest BCUT2D eigenvalue weighted by Gasteiger charge is 2.35. The van der Waals surface area contributed by atoms with Crippen molar-refractivity contribution in [2.45, 2.75) is 17.7 Å². The summed E-state index contributed by atoms with van der Waals surface area (Å²) in [5, 5.41) is 3.85. The number of rotatable bonds is 5. The second kappa shape index (κ2) is 11.3. The van der Waals surface area contributed by atoms with Gasteiger partial charge in [0.2, 0.25) is 17.4 Å². The highest BCUT2D eigenvalue weighted by molar-refractivity contribution is 7.85. The molecule has 0 saturated carbocycles. The zero-order chi connectivity index (χ0) is 34.2. The van der Waals surface area contributed by atoms with Crippen molar-refractivity contribution < 1.29 is 40.1 Å². The van der Waals surface area contributed by atoms with Crippen LogP contribution in [-0.4, -0.2) is 18.9 Å². The lowest BCUT2D eigenvalue weighted by atomic mass is 9.84. The molecule has 0 saturated heterocycles. The molecule has 49 heavy (non-hydrogen) atoms. The van der Waals surface area contributed by atoms with Gasteiger partial charge in [-0.25, -0.2) is 13.6 Å². The first-order chi connectivity index (χ1) is 23.5. The van der Waals surface area contributed by atoms with Crippen molar-refractivity contribution in [3.8, 4) is 28.0 Å². The van der Waals surface area contributed by atoms with Crippen molar-refractivity contribution in [1.82, 2.24) is 0 Å². The second-order valence-corrected chi connectivity index (χ2v) is 13.2. The summed E-state index contributed by atoms with van der Waals surface area (Å²) in [6.07, 6.45) is 9.32. The Balaban J connectivity index is 1.38. The van der Waals surface area contributed by atoms with Crippen molar-refractivity contribution in [3.05, 3.63) is 142 Å². The Labute approximate surface area is 277 Å². The fraction of sp³-hybridized carbons (Fsp3) is 0.0513. The summed E-state index contributed by atoms with van der Waals surface area (Å²) < 4.78 is 97.2. The van der Waals surface area contributed by atoms with E-state index < -0.39 is 50.0 Å². The standard InChI is InChI=1S/C39H22F4O5S/c40-33-35(42)38(49(45,46)47)36(43)34(41)37(33)48-39(44)32-26(25-18-23-11-2-6-20-7-3-12-24(19-25)30(20)23)13-5-15-29(32)27-17-16-22-9-1-8-21-10-4-14-28(27)31(21)22/h1-6,8-9,11-19H,7,10H2,(H,45,46,47). The van der Waals surface area contributed by atoms with Crippen molar-refractivity contribution in [1.29, 1.82) is 0 Å². The lowest BCUT2D eigenvalue weighted by Gasteiger charge is -2.21. The number of carbonyl (C=O) groups is 1. The topological polar surface area (TPSA) is 80.7 Å². The molecule has 0 radical (unpaired) electrons. The fourth-order valence-electron chi connectivity index (χ4n) is 6.97. The number of allylic oxidation sites excluding steroid dienone is 2. The molecule has 0 spiro atoms. The summed E-state index contributed by atoms with van der Waals surface area (Å²) in [7, 11) is -5.72. The average Bonchev–Trinajstić information content (AvgIpc) is 3.09. The van der Waals surface area contributed by atoms with E-state index in [1.807, 2.05) is 85.0 Å². The highest BCUT2D eigenvalue weighted by Crippen LogP contribution is 2.42. The van der Waals surface area contributed by atoms with Crippen molar-refractivity contribution >= 4 is 49.8 Å². The number of ether oxygens (including phenoxy) is 1. The molecule has 0 aliphatic heterocycles. The number of benzene rings is 6. The Hall–Kier alpha value is -5.58. The van der Waals surface area contributed by atoms with Crippen LogP contribution in [0.1, 0.15) is 32.6 Å². The Bertz CT molecular complexity index is 2600. The third-order valence-corrected chi connectivity index (χ3v) is 9.90. The zero-order valence-electron chi connectivity index (χ0n) is 25.2. The van der Waals surface area contributed by atoms with Gasteiger partial charge in [0.25, 0.3) is 0 Å². The number of carbonyl (C=O) groups excluding carboxylic acids is 1. The van der Waals surface area contributed by atoms with Gasteiger partial charge in [-0.15, -0.1) is 0 Å². The molecular formula is C39H22F4O5S. The van der Waals surface area contributed by atoms with Gasteiger partial charge >= 0.3 is 16.1 Å². The van der Waals surface area contributed by atoms with Crippen molar-refractivity contribution in [3.63, 3.8) is 0 Å². The van der Waals surface area contributed by atoms with Crippen LogP contribution >= 0.6 is 0 Å². The highest BCUT2D eigenvalue weighted by atomic mass is 32.2. The normalized spacial score (nSPS) is 13.3.